The summed E-state index contributed by atoms with van der Waals surface area (Å²) < 4.78 is 58.8. The second-order valence-corrected chi connectivity index (χ2v) is 9.25. The number of nitrogens with one attached hydrogen (secondary N) is 1. The smallest absolute Gasteiger partial charge is 0.485 e. The first kappa shape index (κ1) is 27.8. The van der Waals surface area contributed by atoms with Gasteiger partial charge in [0.2, 0.25) is 0 Å². The van der Waals surface area contributed by atoms with Gasteiger partial charge in [0.25, 0.3) is 5.56 Å². The van der Waals surface area contributed by atoms with Crippen LogP contribution in [0.2, 0.25) is 5.02 Å². The highest BCUT2D eigenvalue weighted by atomic mass is 35.5. The second-order valence-electron chi connectivity index (χ2n) is 8.85. The summed E-state index contributed by atoms with van der Waals surface area (Å²) >= 11 is 5.82. The van der Waals surface area contributed by atoms with Crippen molar-refractivity contribution in [3.63, 3.8) is 0 Å². The summed E-state index contributed by atoms with van der Waals surface area (Å²) in [5.74, 6) is -2.57. The molecule has 2 aromatic heterocycles. The minimum Gasteiger partial charge on any atom is -0.485 e. The minimum atomic E-state index is -5.08. The third-order valence-electron chi connectivity index (χ3n) is 6.29. The fourth-order valence-corrected chi connectivity index (χ4v) is 4.30. The molecule has 2 N–H and O–H groups in total. The number of carbonyl (C=O) groups is 1. The van der Waals surface area contributed by atoms with Crippen molar-refractivity contribution in [3.8, 4) is 5.75 Å². The van der Waals surface area contributed by atoms with Crippen LogP contribution in [-0.4, -0.2) is 74.3 Å². The van der Waals surface area contributed by atoms with Crippen molar-refractivity contribution in [3.05, 3.63) is 51.4 Å². The maximum atomic E-state index is 14.1. The molecular formula is C23H24ClF4N5O5. The largest absolute Gasteiger partial charge is 0.490 e. The van der Waals surface area contributed by atoms with Crippen molar-refractivity contribution in [2.45, 2.75) is 44.1 Å². The standard InChI is InChI=1S/C21H23ClFN5O3.C2HF3O2/c1-12(27-10-14(11-27)31-17-4-2-3-16(22)18(17)23)19-25-20-15(21(29)26-19)9-24-28(20)13-5-7-30-8-6-13;3-2(4,5)1(6)7/h2-4,9,12-14H,5-8,10-11H2,1H3,(H,25,26,29);(H,6,7). The average molecular weight is 562 g/mol. The van der Waals surface area contributed by atoms with E-state index in [1.165, 1.54) is 6.07 Å². The molecule has 1 unspecified atom stereocenters. The van der Waals surface area contributed by atoms with Crippen LogP contribution in [0.4, 0.5) is 17.6 Å². The third kappa shape index (κ3) is 6.08. The van der Waals surface area contributed by atoms with E-state index in [4.69, 9.17) is 36.0 Å². The zero-order chi connectivity index (χ0) is 27.6. The summed E-state index contributed by atoms with van der Waals surface area (Å²) in [6.45, 7) is 4.53. The van der Waals surface area contributed by atoms with Gasteiger partial charge in [-0.3, -0.25) is 9.69 Å². The lowest BCUT2D eigenvalue weighted by Crippen LogP contribution is -2.54. The molecule has 0 aliphatic carbocycles. The number of H-pyrrole nitrogens is 1. The number of aromatic nitrogens is 4. The molecule has 0 amide bonds. The molecule has 4 heterocycles. The van der Waals surface area contributed by atoms with Gasteiger partial charge in [-0.25, -0.2) is 18.9 Å². The Morgan fingerprint density at radius 1 is 1.29 bits per heavy atom. The van der Waals surface area contributed by atoms with Crippen LogP contribution in [0.3, 0.4) is 0 Å². The Labute approximate surface area is 218 Å². The van der Waals surface area contributed by atoms with Gasteiger partial charge < -0.3 is 19.6 Å². The summed E-state index contributed by atoms with van der Waals surface area (Å²) in [6.07, 6.45) is -1.96. The molecule has 2 aliphatic heterocycles. The van der Waals surface area contributed by atoms with Crippen molar-refractivity contribution >= 4 is 28.6 Å². The normalized spacial score (nSPS) is 17.9. The lowest BCUT2D eigenvalue weighted by atomic mass is 10.1. The topological polar surface area (TPSA) is 123 Å². The Hall–Kier alpha value is -3.23. The number of benzene rings is 1. The molecule has 10 nitrogen and oxygen atoms in total. The zero-order valence-electron chi connectivity index (χ0n) is 20.0. The highest BCUT2D eigenvalue weighted by molar-refractivity contribution is 6.30. The van der Waals surface area contributed by atoms with E-state index in [0.29, 0.717) is 43.2 Å². The minimum absolute atomic E-state index is 0.0401. The zero-order valence-corrected chi connectivity index (χ0v) is 20.8. The molecule has 2 aliphatic rings. The monoisotopic (exact) mass is 561 g/mol. The van der Waals surface area contributed by atoms with Gasteiger partial charge in [-0.15, -0.1) is 0 Å². The molecule has 0 saturated carbocycles. The summed E-state index contributed by atoms with van der Waals surface area (Å²) in [5.41, 5.74) is 0.409. The summed E-state index contributed by atoms with van der Waals surface area (Å²) in [7, 11) is 0. The van der Waals surface area contributed by atoms with E-state index in [1.807, 2.05) is 11.6 Å². The molecule has 1 atom stereocenters. The van der Waals surface area contributed by atoms with Gasteiger partial charge in [-0.05, 0) is 31.9 Å². The van der Waals surface area contributed by atoms with Gasteiger partial charge in [0.05, 0.1) is 23.3 Å². The quantitative estimate of drug-likeness (QED) is 0.452. The molecule has 0 bridgehead atoms. The number of hydrogen-bond acceptors (Lipinski definition) is 7. The number of likely N-dealkylation sites (tertiary alicyclic amines) is 1. The van der Waals surface area contributed by atoms with Crippen molar-refractivity contribution in [2.75, 3.05) is 26.3 Å². The van der Waals surface area contributed by atoms with Crippen LogP contribution in [0.25, 0.3) is 11.0 Å². The number of aliphatic carboxylic acids is 1. The second kappa shape index (κ2) is 11.3. The fraction of sp³-hybridized carbons (Fsp3) is 0.478. The molecule has 2 saturated heterocycles. The highest BCUT2D eigenvalue weighted by Crippen LogP contribution is 2.30. The number of ether oxygens (including phenoxy) is 2. The highest BCUT2D eigenvalue weighted by Gasteiger charge is 2.38. The lowest BCUT2D eigenvalue weighted by molar-refractivity contribution is -0.192. The molecular weight excluding hydrogens is 538 g/mol. The Bertz CT molecular complexity index is 1350. The van der Waals surface area contributed by atoms with E-state index in [9.17, 15) is 22.4 Å². The van der Waals surface area contributed by atoms with Crippen LogP contribution in [0, 0.1) is 5.82 Å². The third-order valence-corrected chi connectivity index (χ3v) is 6.58. The summed E-state index contributed by atoms with van der Waals surface area (Å²) in [4.78, 5) is 31.3. The molecule has 38 heavy (non-hydrogen) atoms. The van der Waals surface area contributed by atoms with Gasteiger partial charge in [0, 0.05) is 26.3 Å². The molecule has 1 aromatic carbocycles. The predicted octanol–water partition coefficient (Wildman–Crippen LogP) is 3.72. The van der Waals surface area contributed by atoms with Crippen LogP contribution in [0.5, 0.6) is 5.75 Å². The number of rotatable bonds is 5. The first-order chi connectivity index (χ1) is 18.0. The number of alkyl halides is 3. The molecule has 5 rings (SSSR count). The first-order valence-electron chi connectivity index (χ1n) is 11.7. The number of nitrogens with zero attached hydrogens (tertiary/aromatic N) is 4. The van der Waals surface area contributed by atoms with E-state index in [1.54, 1.807) is 18.3 Å². The molecule has 206 valence electrons. The van der Waals surface area contributed by atoms with Crippen molar-refractivity contribution in [2.24, 2.45) is 0 Å². The number of fused-ring (bicyclic) bond motifs is 1. The van der Waals surface area contributed by atoms with Crippen molar-refractivity contribution in [1.29, 1.82) is 0 Å². The lowest BCUT2D eigenvalue weighted by Gasteiger charge is -2.42. The Balaban J connectivity index is 0.000000426. The molecule has 3 aromatic rings. The number of carboxylic acids is 1. The van der Waals surface area contributed by atoms with E-state index in [0.717, 1.165) is 12.8 Å². The van der Waals surface area contributed by atoms with Gasteiger partial charge in [-0.1, -0.05) is 17.7 Å². The van der Waals surface area contributed by atoms with Crippen molar-refractivity contribution in [1.82, 2.24) is 24.6 Å². The molecule has 0 spiro atoms. The number of aromatic amines is 1. The van der Waals surface area contributed by atoms with Crippen LogP contribution >= 0.6 is 11.6 Å². The van der Waals surface area contributed by atoms with E-state index >= 15 is 0 Å². The number of carboxylic acid groups (broad SMARTS) is 1. The van der Waals surface area contributed by atoms with Gasteiger partial charge in [-0.2, -0.15) is 18.3 Å². The maximum absolute atomic E-state index is 14.1. The Kier molecular flexibility index (Phi) is 8.23. The van der Waals surface area contributed by atoms with E-state index in [-0.39, 0.29) is 34.5 Å². The van der Waals surface area contributed by atoms with E-state index < -0.39 is 18.0 Å². The average Bonchev–Trinajstić information content (AvgIpc) is 3.28. The van der Waals surface area contributed by atoms with Crippen LogP contribution in [0.15, 0.2) is 29.2 Å². The van der Waals surface area contributed by atoms with Crippen LogP contribution in [-0.2, 0) is 9.53 Å². The fourth-order valence-electron chi connectivity index (χ4n) is 4.14. The number of halogens is 5. The molecule has 2 fully saturated rings. The van der Waals surface area contributed by atoms with Crippen molar-refractivity contribution < 1.29 is 36.9 Å². The molecule has 0 radical (unpaired) electrons. The Morgan fingerprint density at radius 2 is 1.95 bits per heavy atom. The molecule has 15 heteroatoms. The first-order valence-corrected chi connectivity index (χ1v) is 12.0. The van der Waals surface area contributed by atoms with Crippen LogP contribution < -0.4 is 10.3 Å². The SMILES string of the molecule is CC(c1nc2c(cnn2C2CCOCC2)c(=O)[nH]1)N1CC(Oc2cccc(Cl)c2F)C1.O=C(O)C(F)(F)F. The van der Waals surface area contributed by atoms with E-state index in [2.05, 4.69) is 15.0 Å². The van der Waals surface area contributed by atoms with Crippen LogP contribution in [0.1, 0.15) is 37.7 Å². The summed E-state index contributed by atoms with van der Waals surface area (Å²) in [6, 6.07) is 4.77. The van der Waals surface area contributed by atoms with Gasteiger partial charge in [0.1, 0.15) is 17.3 Å². The van der Waals surface area contributed by atoms with Gasteiger partial charge >= 0.3 is 12.1 Å². The van der Waals surface area contributed by atoms with Gasteiger partial charge in [0.15, 0.2) is 17.2 Å². The Morgan fingerprint density at radius 3 is 2.58 bits per heavy atom. The summed E-state index contributed by atoms with van der Waals surface area (Å²) in [5, 5.41) is 12.1. The number of hydrogen-bond donors (Lipinski definition) is 2. The predicted molar refractivity (Wildman–Crippen MR) is 127 cm³/mol. The maximum Gasteiger partial charge on any atom is 0.490 e.